The molecule has 1 saturated carbocycles. The van der Waals surface area contributed by atoms with Crippen molar-refractivity contribution in [3.05, 3.63) is 34.5 Å². The minimum atomic E-state index is -0.585. The van der Waals surface area contributed by atoms with Crippen LogP contribution in [0.2, 0.25) is 5.02 Å². The summed E-state index contributed by atoms with van der Waals surface area (Å²) >= 11 is 6.20. The van der Waals surface area contributed by atoms with Crippen molar-refractivity contribution in [3.8, 4) is 0 Å². The van der Waals surface area contributed by atoms with E-state index in [1.165, 1.54) is 0 Å². The molecule has 31 heavy (non-hydrogen) atoms. The number of Topliss-reactive ketones (excluding diaryl/α,β-unsaturated/α-hetero) is 1. The van der Waals surface area contributed by atoms with Crippen LogP contribution in [0, 0.1) is 11.8 Å². The second kappa shape index (κ2) is 8.28. The molecule has 0 spiro atoms. The van der Waals surface area contributed by atoms with Crippen LogP contribution in [0.3, 0.4) is 0 Å². The van der Waals surface area contributed by atoms with Crippen molar-refractivity contribution < 1.29 is 19.1 Å². The lowest BCUT2D eigenvalue weighted by atomic mass is 9.77. The van der Waals surface area contributed by atoms with Crippen molar-refractivity contribution in [3.63, 3.8) is 0 Å². The lowest BCUT2D eigenvalue weighted by Crippen LogP contribution is -2.49. The smallest absolute Gasteiger partial charge is 0.226 e. The number of aromatic amines is 1. The zero-order valence-electron chi connectivity index (χ0n) is 17.3. The van der Waals surface area contributed by atoms with Crippen molar-refractivity contribution in [1.82, 2.24) is 15.2 Å². The van der Waals surface area contributed by atoms with Gasteiger partial charge in [0.1, 0.15) is 12.6 Å². The number of aromatic nitrogens is 1. The van der Waals surface area contributed by atoms with E-state index in [1.807, 2.05) is 23.1 Å². The Morgan fingerprint density at radius 2 is 2.00 bits per heavy atom. The van der Waals surface area contributed by atoms with E-state index >= 15 is 0 Å². The van der Waals surface area contributed by atoms with Crippen molar-refractivity contribution in [2.75, 3.05) is 19.8 Å². The average Bonchev–Trinajstić information content (AvgIpc) is 3.35. The van der Waals surface area contributed by atoms with Crippen LogP contribution in [-0.2, 0) is 32.1 Å². The van der Waals surface area contributed by atoms with Gasteiger partial charge in [0.15, 0.2) is 5.78 Å². The Labute approximate surface area is 185 Å². The highest BCUT2D eigenvalue weighted by Gasteiger charge is 2.40. The Balaban J connectivity index is 1.33. The highest BCUT2D eigenvalue weighted by Crippen LogP contribution is 2.35. The molecule has 1 aromatic carbocycles. The van der Waals surface area contributed by atoms with Crippen LogP contribution in [0.25, 0.3) is 10.9 Å². The first-order valence-corrected chi connectivity index (χ1v) is 11.4. The van der Waals surface area contributed by atoms with Gasteiger partial charge < -0.3 is 19.9 Å². The van der Waals surface area contributed by atoms with Crippen LogP contribution in [0.5, 0.6) is 0 Å². The highest BCUT2D eigenvalue weighted by molar-refractivity contribution is 6.31. The fraction of sp³-hybridized carbons (Fsp3) is 0.522. The van der Waals surface area contributed by atoms with Crippen LogP contribution in [0.15, 0.2) is 18.2 Å². The number of ether oxygens (including phenoxy) is 1. The zero-order chi connectivity index (χ0) is 21.5. The van der Waals surface area contributed by atoms with Gasteiger partial charge in [0.05, 0.1) is 6.61 Å². The predicted molar refractivity (Wildman–Crippen MR) is 116 cm³/mol. The van der Waals surface area contributed by atoms with Crippen molar-refractivity contribution in [1.29, 1.82) is 0 Å². The molecule has 3 atom stereocenters. The second-order valence-corrected chi connectivity index (χ2v) is 9.26. The minimum absolute atomic E-state index is 0.0378. The summed E-state index contributed by atoms with van der Waals surface area (Å²) < 4.78 is 5.14. The number of nitrogens with zero attached hydrogens (tertiary/aromatic N) is 1. The number of halogens is 1. The largest absolute Gasteiger partial charge is 0.371 e. The molecule has 0 radical (unpaired) electrons. The van der Waals surface area contributed by atoms with Crippen LogP contribution in [0.1, 0.15) is 36.9 Å². The molecular formula is C23H26ClN3O4. The number of hydrogen-bond acceptors (Lipinski definition) is 4. The Bertz CT molecular complexity index is 1050. The number of fused-ring (bicyclic) bond motifs is 3. The Kier molecular flexibility index (Phi) is 5.48. The summed E-state index contributed by atoms with van der Waals surface area (Å²) in [7, 11) is 0. The third kappa shape index (κ3) is 3.85. The van der Waals surface area contributed by atoms with E-state index in [0.29, 0.717) is 31.0 Å². The summed E-state index contributed by atoms with van der Waals surface area (Å²) in [5.74, 6) is -1.00. The van der Waals surface area contributed by atoms with Gasteiger partial charge in [0, 0.05) is 58.5 Å². The van der Waals surface area contributed by atoms with E-state index in [0.717, 1.165) is 41.4 Å². The van der Waals surface area contributed by atoms with Crippen molar-refractivity contribution in [2.24, 2.45) is 11.8 Å². The molecule has 1 aliphatic carbocycles. The molecule has 0 bridgehead atoms. The molecule has 5 rings (SSSR count). The van der Waals surface area contributed by atoms with Gasteiger partial charge in [0.2, 0.25) is 11.8 Å². The van der Waals surface area contributed by atoms with Gasteiger partial charge in [0.25, 0.3) is 0 Å². The molecule has 1 aromatic heterocycles. The molecule has 8 heteroatoms. The van der Waals surface area contributed by atoms with E-state index in [2.05, 4.69) is 10.3 Å². The first-order chi connectivity index (χ1) is 15.0. The van der Waals surface area contributed by atoms with Crippen molar-refractivity contribution >= 4 is 40.1 Å². The van der Waals surface area contributed by atoms with Gasteiger partial charge in [-0.2, -0.15) is 0 Å². The summed E-state index contributed by atoms with van der Waals surface area (Å²) in [5, 5.41) is 4.55. The first kappa shape index (κ1) is 20.5. The van der Waals surface area contributed by atoms with Crippen LogP contribution in [0.4, 0.5) is 0 Å². The Hall–Kier alpha value is -2.38. The number of H-pyrrole nitrogens is 1. The molecule has 2 amide bonds. The van der Waals surface area contributed by atoms with E-state index in [4.69, 9.17) is 16.3 Å². The lowest BCUT2D eigenvalue weighted by molar-refractivity contribution is -0.144. The molecule has 0 unspecified atom stereocenters. The van der Waals surface area contributed by atoms with E-state index in [-0.39, 0.29) is 36.7 Å². The number of ketones is 1. The molecule has 1 saturated heterocycles. The minimum Gasteiger partial charge on any atom is -0.371 e. The first-order valence-electron chi connectivity index (χ1n) is 11.0. The van der Waals surface area contributed by atoms with Crippen LogP contribution in [-0.4, -0.2) is 53.3 Å². The summed E-state index contributed by atoms with van der Waals surface area (Å²) in [5.41, 5.74) is 3.30. The summed E-state index contributed by atoms with van der Waals surface area (Å²) in [6.45, 7) is 1.41. The molecule has 7 nitrogen and oxygen atoms in total. The zero-order valence-corrected chi connectivity index (χ0v) is 18.0. The van der Waals surface area contributed by atoms with E-state index < -0.39 is 12.0 Å². The molecule has 164 valence electrons. The Morgan fingerprint density at radius 1 is 1.19 bits per heavy atom. The normalized spacial score (nSPS) is 26.2. The monoisotopic (exact) mass is 443 g/mol. The third-order valence-corrected chi connectivity index (χ3v) is 7.14. The van der Waals surface area contributed by atoms with Gasteiger partial charge in [-0.3, -0.25) is 14.4 Å². The molecule has 2 fully saturated rings. The number of hydrogen-bond donors (Lipinski definition) is 2. The fourth-order valence-corrected chi connectivity index (χ4v) is 5.39. The summed E-state index contributed by atoms with van der Waals surface area (Å²) in [6.07, 6.45) is 3.99. The number of benzene rings is 1. The summed E-state index contributed by atoms with van der Waals surface area (Å²) in [4.78, 5) is 43.7. The van der Waals surface area contributed by atoms with E-state index in [1.54, 1.807) is 0 Å². The molecule has 3 heterocycles. The number of carbonyl (C=O) groups excluding carboxylic acids is 3. The van der Waals surface area contributed by atoms with Gasteiger partial charge in [-0.15, -0.1) is 0 Å². The fourth-order valence-electron chi connectivity index (χ4n) is 5.22. The quantitative estimate of drug-likeness (QED) is 0.762. The van der Waals surface area contributed by atoms with E-state index in [9.17, 15) is 14.4 Å². The van der Waals surface area contributed by atoms with Crippen LogP contribution >= 0.6 is 11.6 Å². The van der Waals surface area contributed by atoms with Gasteiger partial charge >= 0.3 is 0 Å². The lowest BCUT2D eigenvalue weighted by Gasteiger charge is -2.36. The maximum Gasteiger partial charge on any atom is 0.226 e. The number of rotatable bonds is 3. The number of nitrogens with one attached hydrogen (secondary N) is 2. The maximum absolute atomic E-state index is 13.5. The van der Waals surface area contributed by atoms with Gasteiger partial charge in [-0.25, -0.2) is 0 Å². The standard InChI is InChI=1S/C23H26ClN3O4/c24-13-5-6-18-16(9-13)17-10-27(8-7-19(17)25-18)23(30)15-4-2-1-3-14(15)22(29)26-20-11-31-12-21(20)28/h5-6,9,14-15,20,25H,1-4,7-8,10-12H2,(H,26,29)/t14-,15-,20+/m1/s1. The topological polar surface area (TPSA) is 91.5 Å². The Morgan fingerprint density at radius 3 is 2.77 bits per heavy atom. The SMILES string of the molecule is O=C1COC[C@@H]1NC(=O)[C@@H]1CCCC[C@H]1C(=O)N1CCc2[nH]c3ccc(Cl)cc3c2C1. The number of amides is 2. The van der Waals surface area contributed by atoms with Crippen LogP contribution < -0.4 is 5.32 Å². The molecule has 3 aliphatic rings. The molecule has 2 N–H and O–H groups in total. The second-order valence-electron chi connectivity index (χ2n) is 8.82. The third-order valence-electron chi connectivity index (χ3n) is 6.90. The van der Waals surface area contributed by atoms with Gasteiger partial charge in [-0.1, -0.05) is 24.4 Å². The predicted octanol–water partition coefficient (Wildman–Crippen LogP) is 2.60. The van der Waals surface area contributed by atoms with Gasteiger partial charge in [-0.05, 0) is 31.0 Å². The molecular weight excluding hydrogens is 418 g/mol. The highest BCUT2D eigenvalue weighted by atomic mass is 35.5. The molecule has 2 aromatic rings. The average molecular weight is 444 g/mol. The van der Waals surface area contributed by atoms with Crippen molar-refractivity contribution in [2.45, 2.75) is 44.7 Å². The number of carbonyl (C=O) groups is 3. The summed E-state index contributed by atoms with van der Waals surface area (Å²) in [6, 6.07) is 5.19. The molecule has 2 aliphatic heterocycles. The maximum atomic E-state index is 13.5.